The van der Waals surface area contributed by atoms with Gasteiger partial charge in [-0.25, -0.2) is 9.78 Å². The van der Waals surface area contributed by atoms with Gasteiger partial charge in [0.25, 0.3) is 0 Å². The van der Waals surface area contributed by atoms with Crippen LogP contribution in [0.5, 0.6) is 0 Å². The van der Waals surface area contributed by atoms with E-state index in [1.165, 1.54) is 0 Å². The first-order valence-electron chi connectivity index (χ1n) is 9.89. The Labute approximate surface area is 174 Å². The summed E-state index contributed by atoms with van der Waals surface area (Å²) in [5.41, 5.74) is 4.18. The number of esters is 1. The summed E-state index contributed by atoms with van der Waals surface area (Å²) in [4.78, 5) is 17.9. The summed E-state index contributed by atoms with van der Waals surface area (Å²) >= 11 is 0. The van der Waals surface area contributed by atoms with Crippen LogP contribution in [0.1, 0.15) is 18.5 Å². The largest absolute Gasteiger partial charge is 0.458 e. The number of ether oxygens (including phenoxy) is 1. The summed E-state index contributed by atoms with van der Waals surface area (Å²) in [6.07, 6.45) is 1.58. The number of allylic oxidation sites excluding steroid dienone is 1. The molecular weight excluding hydrogens is 374 g/mol. The zero-order valence-electron chi connectivity index (χ0n) is 16.6. The molecule has 3 aromatic carbocycles. The lowest BCUT2D eigenvalue weighted by atomic mass is 9.91. The normalized spacial score (nSPS) is 15.7. The quantitative estimate of drug-likeness (QED) is 0.381. The van der Waals surface area contributed by atoms with E-state index in [1.54, 1.807) is 6.08 Å². The van der Waals surface area contributed by atoms with Crippen LogP contribution in [0.25, 0.3) is 21.8 Å². The first-order valence-corrected chi connectivity index (χ1v) is 9.89. The van der Waals surface area contributed by atoms with E-state index in [0.717, 1.165) is 33.1 Å². The molecule has 5 rings (SSSR count). The van der Waals surface area contributed by atoms with Gasteiger partial charge >= 0.3 is 5.97 Å². The van der Waals surface area contributed by atoms with Crippen LogP contribution in [0, 0.1) is 0 Å². The van der Waals surface area contributed by atoms with E-state index in [0.29, 0.717) is 11.5 Å². The van der Waals surface area contributed by atoms with Crippen molar-refractivity contribution in [3.63, 3.8) is 0 Å². The molecule has 1 aromatic heterocycles. The predicted octanol–water partition coefficient (Wildman–Crippen LogP) is 5.21. The number of fused-ring (bicyclic) bond motifs is 4. The topological polar surface area (TPSA) is 56.1 Å². The van der Waals surface area contributed by atoms with Crippen molar-refractivity contribution in [2.24, 2.45) is 0 Å². The van der Waals surface area contributed by atoms with Gasteiger partial charge in [0, 0.05) is 5.70 Å². The van der Waals surface area contributed by atoms with E-state index in [-0.39, 0.29) is 18.6 Å². The van der Waals surface area contributed by atoms with Gasteiger partial charge < -0.3 is 10.1 Å². The minimum absolute atomic E-state index is 0.162. The standard InChI is InChI=1S/C25H21N3O2/c1-3-15-30-24(29)22-16(2)26-25-27-20-13-6-7-14-21(20)28(25)23(22)19-12-8-10-17-9-4-5-11-18(17)19/h3-14,23H,1,15H2,2H3,(H,26,27)/t23-/m0/s1. The highest BCUT2D eigenvalue weighted by Gasteiger charge is 2.35. The van der Waals surface area contributed by atoms with Gasteiger partial charge in [0.1, 0.15) is 6.61 Å². The number of para-hydroxylation sites is 2. The van der Waals surface area contributed by atoms with E-state index >= 15 is 0 Å². The minimum atomic E-state index is -0.364. The molecule has 1 N–H and O–H groups in total. The number of benzene rings is 3. The number of imidazole rings is 1. The Bertz CT molecular complexity index is 1330. The average molecular weight is 395 g/mol. The molecule has 5 nitrogen and oxygen atoms in total. The Morgan fingerprint density at radius 3 is 2.77 bits per heavy atom. The number of hydrogen-bond acceptors (Lipinski definition) is 4. The number of anilines is 1. The SMILES string of the molecule is C=CCOC(=O)C1=C(C)Nc2nc3ccccc3n2[C@H]1c1cccc2ccccc12. The van der Waals surface area contributed by atoms with E-state index in [9.17, 15) is 4.79 Å². The van der Waals surface area contributed by atoms with E-state index in [4.69, 9.17) is 9.72 Å². The molecule has 0 aliphatic carbocycles. The predicted molar refractivity (Wildman–Crippen MR) is 119 cm³/mol. The maximum absolute atomic E-state index is 13.2. The van der Waals surface area contributed by atoms with Crippen molar-refractivity contribution in [1.29, 1.82) is 0 Å². The van der Waals surface area contributed by atoms with Crippen molar-refractivity contribution in [1.82, 2.24) is 9.55 Å². The molecule has 2 heterocycles. The number of nitrogens with one attached hydrogen (secondary N) is 1. The molecule has 1 atom stereocenters. The molecule has 0 amide bonds. The number of carbonyl (C=O) groups is 1. The lowest BCUT2D eigenvalue weighted by molar-refractivity contribution is -0.138. The monoisotopic (exact) mass is 395 g/mol. The van der Waals surface area contributed by atoms with Crippen LogP contribution in [-0.2, 0) is 9.53 Å². The fourth-order valence-electron chi connectivity index (χ4n) is 4.22. The number of nitrogens with zero attached hydrogens (tertiary/aromatic N) is 2. The molecule has 1 aliphatic rings. The third-order valence-corrected chi connectivity index (χ3v) is 5.50. The Balaban J connectivity index is 1.81. The van der Waals surface area contributed by atoms with Gasteiger partial charge in [0.05, 0.1) is 22.6 Å². The van der Waals surface area contributed by atoms with Crippen molar-refractivity contribution in [3.8, 4) is 0 Å². The zero-order valence-corrected chi connectivity index (χ0v) is 16.6. The summed E-state index contributed by atoms with van der Waals surface area (Å²) in [6, 6.07) is 22.0. The molecule has 0 spiro atoms. The third-order valence-electron chi connectivity index (χ3n) is 5.50. The Kier molecular flexibility index (Phi) is 4.36. The first-order chi connectivity index (χ1) is 14.7. The molecule has 0 saturated carbocycles. The molecule has 0 unspecified atom stereocenters. The van der Waals surface area contributed by atoms with Crippen molar-refractivity contribution >= 4 is 33.7 Å². The molecule has 0 fully saturated rings. The Hall–Kier alpha value is -3.86. The Morgan fingerprint density at radius 2 is 1.90 bits per heavy atom. The maximum atomic E-state index is 13.2. The van der Waals surface area contributed by atoms with Crippen molar-refractivity contribution < 1.29 is 9.53 Å². The highest BCUT2D eigenvalue weighted by atomic mass is 16.5. The molecule has 5 heteroatoms. The van der Waals surface area contributed by atoms with Gasteiger partial charge in [0.15, 0.2) is 0 Å². The Morgan fingerprint density at radius 1 is 1.13 bits per heavy atom. The molecule has 0 saturated heterocycles. The highest BCUT2D eigenvalue weighted by Crippen LogP contribution is 2.41. The molecule has 0 bridgehead atoms. The number of aromatic nitrogens is 2. The number of carbonyl (C=O) groups excluding carboxylic acids is 1. The van der Waals surface area contributed by atoms with Crippen LogP contribution < -0.4 is 5.32 Å². The van der Waals surface area contributed by atoms with Gasteiger partial charge in [-0.3, -0.25) is 4.57 Å². The van der Waals surface area contributed by atoms with Gasteiger partial charge in [0.2, 0.25) is 5.95 Å². The lowest BCUT2D eigenvalue weighted by Crippen LogP contribution is -2.29. The maximum Gasteiger partial charge on any atom is 0.338 e. The summed E-state index contributed by atoms with van der Waals surface area (Å²) in [7, 11) is 0. The van der Waals surface area contributed by atoms with Gasteiger partial charge in [-0.15, -0.1) is 0 Å². The van der Waals surface area contributed by atoms with E-state index < -0.39 is 0 Å². The van der Waals surface area contributed by atoms with E-state index in [2.05, 4.69) is 40.7 Å². The van der Waals surface area contributed by atoms with Gasteiger partial charge in [-0.05, 0) is 35.4 Å². The minimum Gasteiger partial charge on any atom is -0.458 e. The van der Waals surface area contributed by atoms with Crippen LogP contribution in [0.2, 0.25) is 0 Å². The van der Waals surface area contributed by atoms with Crippen LogP contribution >= 0.6 is 0 Å². The lowest BCUT2D eigenvalue weighted by Gasteiger charge is -2.31. The first kappa shape index (κ1) is 18.2. The number of rotatable bonds is 4. The van der Waals surface area contributed by atoms with Gasteiger partial charge in [-0.1, -0.05) is 67.3 Å². The van der Waals surface area contributed by atoms with Crippen LogP contribution in [0.3, 0.4) is 0 Å². The van der Waals surface area contributed by atoms with Gasteiger partial charge in [-0.2, -0.15) is 0 Å². The molecule has 1 aliphatic heterocycles. The second kappa shape index (κ2) is 7.19. The van der Waals surface area contributed by atoms with Crippen molar-refractivity contribution in [3.05, 3.63) is 96.2 Å². The molecular formula is C25H21N3O2. The molecule has 4 aromatic rings. The summed E-state index contributed by atoms with van der Waals surface area (Å²) in [6.45, 7) is 5.72. The van der Waals surface area contributed by atoms with Crippen molar-refractivity contribution in [2.75, 3.05) is 11.9 Å². The average Bonchev–Trinajstić information content (AvgIpc) is 3.14. The van der Waals surface area contributed by atoms with Crippen LogP contribution in [-0.4, -0.2) is 22.1 Å². The van der Waals surface area contributed by atoms with Crippen LogP contribution in [0.15, 0.2) is 90.7 Å². The fraction of sp³-hybridized carbons (Fsp3) is 0.120. The smallest absolute Gasteiger partial charge is 0.338 e. The summed E-state index contributed by atoms with van der Waals surface area (Å²) in [5.74, 6) is 0.355. The second-order valence-electron chi connectivity index (χ2n) is 7.32. The molecule has 30 heavy (non-hydrogen) atoms. The zero-order chi connectivity index (χ0) is 20.7. The summed E-state index contributed by atoms with van der Waals surface area (Å²) < 4.78 is 7.57. The third kappa shape index (κ3) is 2.78. The highest BCUT2D eigenvalue weighted by molar-refractivity contribution is 5.96. The number of hydrogen-bond donors (Lipinski definition) is 1. The van der Waals surface area contributed by atoms with Crippen LogP contribution in [0.4, 0.5) is 5.95 Å². The molecule has 0 radical (unpaired) electrons. The van der Waals surface area contributed by atoms with E-state index in [1.807, 2.05) is 49.4 Å². The fourth-order valence-corrected chi connectivity index (χ4v) is 4.22. The summed E-state index contributed by atoms with van der Waals surface area (Å²) in [5, 5.41) is 5.53. The second-order valence-corrected chi connectivity index (χ2v) is 7.32. The van der Waals surface area contributed by atoms with Crippen molar-refractivity contribution in [2.45, 2.75) is 13.0 Å². The molecule has 148 valence electrons.